The van der Waals surface area contributed by atoms with Crippen molar-refractivity contribution in [2.24, 2.45) is 0 Å². The number of sulfonamides is 1. The second kappa shape index (κ2) is 12.9. The zero-order valence-electron chi connectivity index (χ0n) is 22.6. The summed E-state index contributed by atoms with van der Waals surface area (Å²) in [6.45, 7) is 11.5. The number of para-hydroxylation sites is 1. The molecule has 0 radical (unpaired) electrons. The molecule has 2 aromatic carbocycles. The Morgan fingerprint density at radius 1 is 0.944 bits per heavy atom. The van der Waals surface area contributed by atoms with E-state index in [1.54, 1.807) is 12.1 Å². The predicted octanol–water partition coefficient (Wildman–Crippen LogP) is 4.61. The van der Waals surface area contributed by atoms with E-state index in [0.717, 1.165) is 33.7 Å². The molecule has 198 valence electrons. The molecule has 7 nitrogen and oxygen atoms in total. The maximum atomic E-state index is 13.9. The first-order chi connectivity index (χ1) is 16.9. The van der Waals surface area contributed by atoms with Crippen LogP contribution in [-0.2, 0) is 26.2 Å². The van der Waals surface area contributed by atoms with Gasteiger partial charge in [-0.2, -0.15) is 0 Å². The average Bonchev–Trinajstić information content (AvgIpc) is 2.82. The van der Waals surface area contributed by atoms with Crippen molar-refractivity contribution in [2.45, 2.75) is 78.9 Å². The highest BCUT2D eigenvalue weighted by Gasteiger charge is 2.33. The van der Waals surface area contributed by atoms with E-state index in [4.69, 9.17) is 0 Å². The van der Waals surface area contributed by atoms with Crippen molar-refractivity contribution >= 4 is 27.5 Å². The van der Waals surface area contributed by atoms with E-state index < -0.39 is 22.0 Å². The van der Waals surface area contributed by atoms with Gasteiger partial charge in [0.2, 0.25) is 21.8 Å². The molecular formula is C28H41N3O4S. The van der Waals surface area contributed by atoms with Crippen LogP contribution in [0.2, 0.25) is 0 Å². The summed E-state index contributed by atoms with van der Waals surface area (Å²) in [6.07, 6.45) is 2.28. The minimum Gasteiger partial charge on any atom is -0.352 e. The standard InChI is InChI=1S/C28H41N3O4S/c1-8-22(6)29-28(33)25(9-2)30(18-23-15-11-10-14-21(23)5)27(32)19-31(36(7,34)35)26-17-13-12-16-24(26)20(3)4/h10-17,20,22,25H,8-9,18-19H2,1-7H3,(H,29,33)/t22-,25+/m0/s1. The summed E-state index contributed by atoms with van der Waals surface area (Å²) in [7, 11) is -3.77. The number of benzene rings is 2. The van der Waals surface area contributed by atoms with Crippen LogP contribution >= 0.6 is 0 Å². The highest BCUT2D eigenvalue weighted by atomic mass is 32.2. The van der Waals surface area contributed by atoms with Gasteiger partial charge in [-0.3, -0.25) is 13.9 Å². The molecule has 2 rings (SSSR count). The van der Waals surface area contributed by atoms with Crippen LogP contribution in [-0.4, -0.2) is 50.0 Å². The summed E-state index contributed by atoms with van der Waals surface area (Å²) in [4.78, 5) is 28.6. The third-order valence-corrected chi connectivity index (χ3v) is 7.62. The lowest BCUT2D eigenvalue weighted by atomic mass is 10.0. The molecule has 1 N–H and O–H groups in total. The number of nitrogens with zero attached hydrogens (tertiary/aromatic N) is 2. The molecule has 8 heteroatoms. The molecule has 0 spiro atoms. The van der Waals surface area contributed by atoms with Crippen LogP contribution in [0.15, 0.2) is 48.5 Å². The van der Waals surface area contributed by atoms with Crippen molar-refractivity contribution in [2.75, 3.05) is 17.1 Å². The quantitative estimate of drug-likeness (QED) is 0.447. The molecule has 0 saturated heterocycles. The molecule has 0 heterocycles. The van der Waals surface area contributed by atoms with Gasteiger partial charge in [0.05, 0.1) is 11.9 Å². The van der Waals surface area contributed by atoms with Gasteiger partial charge in [0.15, 0.2) is 0 Å². The van der Waals surface area contributed by atoms with Crippen molar-refractivity contribution < 1.29 is 18.0 Å². The number of nitrogens with one attached hydrogen (secondary N) is 1. The number of hydrogen-bond acceptors (Lipinski definition) is 4. The predicted molar refractivity (Wildman–Crippen MR) is 146 cm³/mol. The van der Waals surface area contributed by atoms with Gasteiger partial charge in [0, 0.05) is 12.6 Å². The molecule has 0 aliphatic rings. The van der Waals surface area contributed by atoms with Gasteiger partial charge in [-0.25, -0.2) is 8.42 Å². The van der Waals surface area contributed by atoms with Crippen molar-refractivity contribution in [3.8, 4) is 0 Å². The lowest BCUT2D eigenvalue weighted by Gasteiger charge is -2.34. The fourth-order valence-corrected chi connectivity index (χ4v) is 5.00. The van der Waals surface area contributed by atoms with Gasteiger partial charge in [-0.15, -0.1) is 0 Å². The number of hydrogen-bond donors (Lipinski definition) is 1. The van der Waals surface area contributed by atoms with Crippen molar-refractivity contribution in [1.82, 2.24) is 10.2 Å². The average molecular weight is 516 g/mol. The normalized spacial score (nSPS) is 13.2. The van der Waals surface area contributed by atoms with E-state index in [0.29, 0.717) is 12.1 Å². The Morgan fingerprint density at radius 2 is 1.56 bits per heavy atom. The number of carbonyl (C=O) groups is 2. The Hall–Kier alpha value is -2.87. The summed E-state index contributed by atoms with van der Waals surface area (Å²) >= 11 is 0. The Morgan fingerprint density at radius 3 is 2.11 bits per heavy atom. The fourth-order valence-electron chi connectivity index (χ4n) is 4.13. The minimum absolute atomic E-state index is 0.0348. The van der Waals surface area contributed by atoms with Crippen LogP contribution in [0.5, 0.6) is 0 Å². The number of carbonyl (C=O) groups excluding carboxylic acids is 2. The zero-order valence-corrected chi connectivity index (χ0v) is 23.4. The molecule has 36 heavy (non-hydrogen) atoms. The molecule has 2 atom stereocenters. The topological polar surface area (TPSA) is 86.8 Å². The van der Waals surface area contributed by atoms with E-state index in [9.17, 15) is 18.0 Å². The largest absolute Gasteiger partial charge is 0.352 e. The molecule has 0 aromatic heterocycles. The Kier molecular flexibility index (Phi) is 10.5. The summed E-state index contributed by atoms with van der Waals surface area (Å²) in [5.41, 5.74) is 3.23. The van der Waals surface area contributed by atoms with Gasteiger partial charge < -0.3 is 10.2 Å². The highest BCUT2D eigenvalue weighted by Crippen LogP contribution is 2.29. The maximum absolute atomic E-state index is 13.9. The number of rotatable bonds is 12. The number of anilines is 1. The Balaban J connectivity index is 2.52. The van der Waals surface area contributed by atoms with Gasteiger partial charge >= 0.3 is 0 Å². The first kappa shape index (κ1) is 29.4. The van der Waals surface area contributed by atoms with Gasteiger partial charge in [-0.05, 0) is 55.4 Å². The summed E-state index contributed by atoms with van der Waals surface area (Å²) < 4.78 is 27.0. The van der Waals surface area contributed by atoms with E-state index in [2.05, 4.69) is 5.32 Å². The lowest BCUT2D eigenvalue weighted by molar-refractivity contribution is -0.140. The van der Waals surface area contributed by atoms with Crippen LogP contribution in [0, 0.1) is 6.92 Å². The van der Waals surface area contributed by atoms with Gasteiger partial charge in [0.25, 0.3) is 0 Å². The summed E-state index contributed by atoms with van der Waals surface area (Å²) in [5.74, 6) is -0.594. The van der Waals surface area contributed by atoms with Crippen molar-refractivity contribution in [3.05, 3.63) is 65.2 Å². The Bertz CT molecular complexity index is 1150. The molecule has 0 aliphatic carbocycles. The third-order valence-electron chi connectivity index (χ3n) is 6.50. The van der Waals surface area contributed by atoms with E-state index in [-0.39, 0.29) is 31.0 Å². The van der Waals surface area contributed by atoms with Crippen LogP contribution in [0.3, 0.4) is 0 Å². The third kappa shape index (κ3) is 7.56. The summed E-state index contributed by atoms with van der Waals surface area (Å²) in [5, 5.41) is 2.99. The molecule has 0 unspecified atom stereocenters. The van der Waals surface area contributed by atoms with Crippen LogP contribution in [0.25, 0.3) is 0 Å². The highest BCUT2D eigenvalue weighted by molar-refractivity contribution is 7.92. The van der Waals surface area contributed by atoms with Gasteiger partial charge in [-0.1, -0.05) is 70.2 Å². The second-order valence-corrected chi connectivity index (χ2v) is 11.6. The molecule has 2 aromatic rings. The number of aryl methyl sites for hydroxylation is 1. The maximum Gasteiger partial charge on any atom is 0.244 e. The Labute approximate surface area is 216 Å². The van der Waals surface area contributed by atoms with E-state index >= 15 is 0 Å². The lowest BCUT2D eigenvalue weighted by Crippen LogP contribution is -2.53. The molecule has 2 amide bonds. The molecule has 0 aliphatic heterocycles. The smallest absolute Gasteiger partial charge is 0.244 e. The fraction of sp³-hybridized carbons (Fsp3) is 0.500. The second-order valence-electron chi connectivity index (χ2n) is 9.67. The molecule has 0 saturated carbocycles. The van der Waals surface area contributed by atoms with Crippen LogP contribution in [0.4, 0.5) is 5.69 Å². The minimum atomic E-state index is -3.77. The zero-order chi connectivity index (χ0) is 27.0. The first-order valence-corrected chi connectivity index (χ1v) is 14.5. The molecule has 0 bridgehead atoms. The van der Waals surface area contributed by atoms with Crippen LogP contribution in [0.1, 0.15) is 70.1 Å². The monoisotopic (exact) mass is 515 g/mol. The van der Waals surface area contributed by atoms with Crippen molar-refractivity contribution in [1.29, 1.82) is 0 Å². The molecular weight excluding hydrogens is 474 g/mol. The van der Waals surface area contributed by atoms with E-state index in [1.807, 2.05) is 77.9 Å². The van der Waals surface area contributed by atoms with Crippen molar-refractivity contribution in [3.63, 3.8) is 0 Å². The van der Waals surface area contributed by atoms with Crippen LogP contribution < -0.4 is 9.62 Å². The van der Waals surface area contributed by atoms with Gasteiger partial charge in [0.1, 0.15) is 12.6 Å². The van der Waals surface area contributed by atoms with E-state index in [1.165, 1.54) is 4.90 Å². The first-order valence-electron chi connectivity index (χ1n) is 12.6. The SMILES string of the molecule is CC[C@H](C(=O)N[C@@H](C)CC)N(Cc1ccccc1C)C(=O)CN(c1ccccc1C(C)C)S(C)(=O)=O. The number of amides is 2. The molecule has 0 fully saturated rings. The summed E-state index contributed by atoms with van der Waals surface area (Å²) in [6, 6.07) is 14.2.